The van der Waals surface area contributed by atoms with Crippen LogP contribution < -0.4 is 9.90 Å². The monoisotopic (exact) mass is 275 g/mol. The maximum absolute atomic E-state index is 6.19. The van der Waals surface area contributed by atoms with E-state index in [1.165, 1.54) is 21.9 Å². The van der Waals surface area contributed by atoms with E-state index in [4.69, 9.17) is 4.84 Å². The van der Waals surface area contributed by atoms with Gasteiger partial charge in [-0.3, -0.25) is 0 Å². The fraction of sp³-hybridized carbons (Fsp3) is 0.158. The highest BCUT2D eigenvalue weighted by Crippen LogP contribution is 2.43. The minimum Gasteiger partial charge on any atom is -0.378 e. The zero-order chi connectivity index (χ0) is 14.4. The van der Waals surface area contributed by atoms with Crippen molar-refractivity contribution in [2.75, 3.05) is 5.06 Å². The first-order valence-electron chi connectivity index (χ1n) is 7.29. The van der Waals surface area contributed by atoms with Crippen LogP contribution in [0.25, 0.3) is 10.8 Å². The van der Waals surface area contributed by atoms with Gasteiger partial charge in [-0.05, 0) is 31.4 Å². The molecule has 0 fully saturated rings. The number of nitrogens with zero attached hydrogens (tertiary/aromatic N) is 1. The van der Waals surface area contributed by atoms with Gasteiger partial charge in [0.05, 0.1) is 11.7 Å². The van der Waals surface area contributed by atoms with Crippen LogP contribution in [0.2, 0.25) is 0 Å². The number of benzene rings is 3. The second-order valence-electron chi connectivity index (χ2n) is 5.63. The van der Waals surface area contributed by atoms with E-state index in [1.807, 2.05) is 5.06 Å². The Kier molecular flexibility index (Phi) is 2.64. The molecule has 1 heterocycles. The lowest BCUT2D eigenvalue weighted by Gasteiger charge is -2.22. The Morgan fingerprint density at radius 1 is 0.905 bits per heavy atom. The number of hydrogen-bond donors (Lipinski definition) is 0. The normalized spacial score (nSPS) is 16.9. The van der Waals surface area contributed by atoms with Gasteiger partial charge in [0.2, 0.25) is 0 Å². The molecule has 1 atom stereocenters. The first-order chi connectivity index (χ1) is 10.2. The van der Waals surface area contributed by atoms with Gasteiger partial charge in [-0.25, -0.2) is 5.06 Å². The van der Waals surface area contributed by atoms with Gasteiger partial charge in [-0.2, -0.15) is 0 Å². The molecule has 0 bridgehead atoms. The molecule has 0 saturated heterocycles. The molecule has 0 radical (unpaired) electrons. The number of hydrogen-bond acceptors (Lipinski definition) is 2. The summed E-state index contributed by atoms with van der Waals surface area (Å²) >= 11 is 0. The fourth-order valence-corrected chi connectivity index (χ4v) is 2.96. The summed E-state index contributed by atoms with van der Waals surface area (Å²) < 4.78 is 0. The first-order valence-corrected chi connectivity index (χ1v) is 7.29. The molecule has 2 nitrogen and oxygen atoms in total. The van der Waals surface area contributed by atoms with Crippen molar-refractivity contribution < 1.29 is 4.84 Å². The van der Waals surface area contributed by atoms with Crippen molar-refractivity contribution in [2.45, 2.75) is 19.9 Å². The van der Waals surface area contributed by atoms with Crippen LogP contribution in [0.1, 0.15) is 24.1 Å². The molecule has 104 valence electrons. The van der Waals surface area contributed by atoms with E-state index in [0.717, 1.165) is 11.4 Å². The molecule has 0 spiro atoms. The molecular formula is C19H17NO. The minimum atomic E-state index is 0.215. The molecule has 4 rings (SSSR count). The van der Waals surface area contributed by atoms with E-state index in [2.05, 4.69) is 74.5 Å². The van der Waals surface area contributed by atoms with Crippen LogP contribution in [0.15, 0.2) is 60.7 Å². The van der Waals surface area contributed by atoms with Gasteiger partial charge in [-0.15, -0.1) is 0 Å². The van der Waals surface area contributed by atoms with Crippen LogP contribution in [0.3, 0.4) is 0 Å². The Labute approximate surface area is 124 Å². The van der Waals surface area contributed by atoms with Gasteiger partial charge in [0.1, 0.15) is 0 Å². The molecule has 3 aromatic carbocycles. The molecular weight excluding hydrogens is 258 g/mol. The lowest BCUT2D eigenvalue weighted by molar-refractivity contribution is 0.290. The summed E-state index contributed by atoms with van der Waals surface area (Å²) in [7, 11) is 0. The summed E-state index contributed by atoms with van der Waals surface area (Å²) in [5, 5.41) is 4.39. The Hall–Kier alpha value is -2.48. The van der Waals surface area contributed by atoms with Gasteiger partial charge >= 0.3 is 0 Å². The number of fused-ring (bicyclic) bond motifs is 3. The summed E-state index contributed by atoms with van der Waals surface area (Å²) in [6.45, 7) is 4.28. The second-order valence-corrected chi connectivity index (χ2v) is 5.63. The van der Waals surface area contributed by atoms with E-state index in [0.29, 0.717) is 0 Å². The average molecular weight is 275 g/mol. The summed E-state index contributed by atoms with van der Waals surface area (Å²) in [6.07, 6.45) is 0. The van der Waals surface area contributed by atoms with Gasteiger partial charge < -0.3 is 4.84 Å². The predicted octanol–water partition coefficient (Wildman–Crippen LogP) is 5.02. The van der Waals surface area contributed by atoms with Crippen molar-refractivity contribution in [1.82, 2.24) is 0 Å². The molecule has 2 heteroatoms. The molecule has 1 aliphatic heterocycles. The molecule has 0 amide bonds. The smallest absolute Gasteiger partial charge is 0.168 e. The topological polar surface area (TPSA) is 12.5 Å². The molecule has 21 heavy (non-hydrogen) atoms. The fourth-order valence-electron chi connectivity index (χ4n) is 2.96. The van der Waals surface area contributed by atoms with E-state index < -0.39 is 0 Å². The molecule has 0 saturated carbocycles. The van der Waals surface area contributed by atoms with Crippen molar-refractivity contribution in [2.24, 2.45) is 0 Å². The van der Waals surface area contributed by atoms with E-state index >= 15 is 0 Å². The van der Waals surface area contributed by atoms with Crippen molar-refractivity contribution >= 4 is 16.5 Å². The SMILES string of the molecule is Cc1ccc(N2Oc3c(ccc4ccccc34)C2C)cc1. The van der Waals surface area contributed by atoms with Crippen molar-refractivity contribution in [3.63, 3.8) is 0 Å². The third-order valence-electron chi connectivity index (χ3n) is 4.19. The Morgan fingerprint density at radius 3 is 2.48 bits per heavy atom. The molecule has 0 N–H and O–H groups in total. The standard InChI is InChI=1S/C19H17NO/c1-13-7-10-16(11-8-13)20-14(2)17-12-9-15-5-3-4-6-18(15)19(17)21-20/h3-12,14H,1-2H3. The zero-order valence-electron chi connectivity index (χ0n) is 12.2. The summed E-state index contributed by atoms with van der Waals surface area (Å²) in [6, 6.07) is 21.4. The van der Waals surface area contributed by atoms with Crippen LogP contribution in [0.4, 0.5) is 5.69 Å². The maximum Gasteiger partial charge on any atom is 0.168 e. The molecule has 1 unspecified atom stereocenters. The minimum absolute atomic E-state index is 0.215. The number of rotatable bonds is 1. The van der Waals surface area contributed by atoms with Crippen LogP contribution >= 0.6 is 0 Å². The second kappa shape index (κ2) is 4.52. The molecule has 0 aromatic heterocycles. The Morgan fingerprint density at radius 2 is 1.67 bits per heavy atom. The quantitative estimate of drug-likeness (QED) is 0.618. The largest absolute Gasteiger partial charge is 0.378 e. The van der Waals surface area contributed by atoms with Gasteiger partial charge in [0, 0.05) is 10.9 Å². The van der Waals surface area contributed by atoms with Crippen molar-refractivity contribution in [3.05, 3.63) is 71.8 Å². The summed E-state index contributed by atoms with van der Waals surface area (Å²) in [5.74, 6) is 0.987. The lowest BCUT2D eigenvalue weighted by Crippen LogP contribution is -2.23. The van der Waals surface area contributed by atoms with Gasteiger partial charge in [-0.1, -0.05) is 54.1 Å². The third-order valence-corrected chi connectivity index (χ3v) is 4.19. The van der Waals surface area contributed by atoms with Crippen LogP contribution in [-0.4, -0.2) is 0 Å². The molecule has 3 aromatic rings. The van der Waals surface area contributed by atoms with Crippen LogP contribution in [0, 0.1) is 6.92 Å². The zero-order valence-corrected chi connectivity index (χ0v) is 12.2. The van der Waals surface area contributed by atoms with Gasteiger partial charge in [0.15, 0.2) is 5.75 Å². The summed E-state index contributed by atoms with van der Waals surface area (Å²) in [5.41, 5.74) is 3.59. The predicted molar refractivity (Wildman–Crippen MR) is 86.6 cm³/mol. The van der Waals surface area contributed by atoms with Crippen LogP contribution in [0.5, 0.6) is 5.75 Å². The number of hydroxylamine groups is 1. The van der Waals surface area contributed by atoms with E-state index in [1.54, 1.807) is 0 Å². The Balaban J connectivity index is 1.82. The van der Waals surface area contributed by atoms with Crippen molar-refractivity contribution in [1.29, 1.82) is 0 Å². The third kappa shape index (κ3) is 1.87. The average Bonchev–Trinajstić information content (AvgIpc) is 2.86. The van der Waals surface area contributed by atoms with E-state index in [-0.39, 0.29) is 6.04 Å². The van der Waals surface area contributed by atoms with E-state index in [9.17, 15) is 0 Å². The number of aryl methyl sites for hydroxylation is 1. The molecule has 1 aliphatic rings. The highest BCUT2D eigenvalue weighted by molar-refractivity contribution is 5.90. The highest BCUT2D eigenvalue weighted by atomic mass is 16.7. The van der Waals surface area contributed by atoms with Crippen LogP contribution in [-0.2, 0) is 0 Å². The van der Waals surface area contributed by atoms with Gasteiger partial charge in [0.25, 0.3) is 0 Å². The number of anilines is 1. The lowest BCUT2D eigenvalue weighted by atomic mass is 10.0. The molecule has 0 aliphatic carbocycles. The maximum atomic E-state index is 6.19. The Bertz CT molecular complexity index is 807. The highest BCUT2D eigenvalue weighted by Gasteiger charge is 2.30. The first kappa shape index (κ1) is 12.3. The summed E-state index contributed by atoms with van der Waals surface area (Å²) in [4.78, 5) is 6.19. The van der Waals surface area contributed by atoms with Crippen molar-refractivity contribution in [3.8, 4) is 5.75 Å².